The summed E-state index contributed by atoms with van der Waals surface area (Å²) < 4.78 is 0. The maximum Gasteiger partial charge on any atom is 0.239 e. The topological polar surface area (TPSA) is 49.6 Å². The van der Waals surface area contributed by atoms with Crippen molar-refractivity contribution in [3.8, 4) is 0 Å². The van der Waals surface area contributed by atoms with Crippen molar-refractivity contribution in [2.45, 2.75) is 44.7 Å². The average Bonchev–Trinajstić information content (AvgIpc) is 2.75. The van der Waals surface area contributed by atoms with E-state index in [-0.39, 0.29) is 11.9 Å². The second-order valence-corrected chi connectivity index (χ2v) is 5.01. The van der Waals surface area contributed by atoms with Crippen LogP contribution in [0.4, 0.5) is 0 Å². The van der Waals surface area contributed by atoms with E-state index in [4.69, 9.17) is 5.73 Å². The lowest BCUT2D eigenvalue weighted by Crippen LogP contribution is -2.55. The molecule has 4 heteroatoms. The number of hydrogen-bond donors (Lipinski definition) is 1. The quantitative estimate of drug-likeness (QED) is 0.757. The van der Waals surface area contributed by atoms with E-state index in [9.17, 15) is 4.79 Å². The third kappa shape index (κ3) is 2.38. The van der Waals surface area contributed by atoms with Gasteiger partial charge in [0, 0.05) is 25.7 Å². The molecule has 2 aliphatic rings. The highest BCUT2D eigenvalue weighted by atomic mass is 16.2. The fourth-order valence-corrected chi connectivity index (χ4v) is 2.86. The minimum absolute atomic E-state index is 0.161. The van der Waals surface area contributed by atoms with Crippen LogP contribution in [0.15, 0.2) is 0 Å². The molecule has 16 heavy (non-hydrogen) atoms. The Morgan fingerprint density at radius 1 is 1.44 bits per heavy atom. The number of nitrogens with zero attached hydrogens (tertiary/aromatic N) is 2. The van der Waals surface area contributed by atoms with Crippen LogP contribution in [0.1, 0.15) is 32.6 Å². The summed E-state index contributed by atoms with van der Waals surface area (Å²) in [4.78, 5) is 16.5. The number of fused-ring (bicyclic) bond motifs is 1. The van der Waals surface area contributed by atoms with Crippen LogP contribution in [-0.2, 0) is 4.79 Å². The van der Waals surface area contributed by atoms with Crippen molar-refractivity contribution in [2.75, 3.05) is 26.2 Å². The molecule has 0 aliphatic carbocycles. The van der Waals surface area contributed by atoms with E-state index >= 15 is 0 Å². The highest BCUT2D eigenvalue weighted by Crippen LogP contribution is 2.21. The van der Waals surface area contributed by atoms with Crippen molar-refractivity contribution in [1.29, 1.82) is 0 Å². The van der Waals surface area contributed by atoms with E-state index in [2.05, 4.69) is 11.8 Å². The van der Waals surface area contributed by atoms with E-state index in [1.54, 1.807) is 0 Å². The molecule has 2 rings (SSSR count). The zero-order valence-electron chi connectivity index (χ0n) is 10.2. The molecule has 0 spiro atoms. The van der Waals surface area contributed by atoms with Crippen LogP contribution < -0.4 is 5.73 Å². The lowest BCUT2D eigenvalue weighted by Gasteiger charge is -2.38. The van der Waals surface area contributed by atoms with Gasteiger partial charge >= 0.3 is 0 Å². The minimum Gasteiger partial charge on any atom is -0.338 e. The zero-order valence-corrected chi connectivity index (χ0v) is 10.2. The normalized spacial score (nSPS) is 27.9. The smallest absolute Gasteiger partial charge is 0.239 e. The van der Waals surface area contributed by atoms with Gasteiger partial charge in [-0.2, -0.15) is 0 Å². The lowest BCUT2D eigenvalue weighted by atomic mass is 10.1. The van der Waals surface area contributed by atoms with Gasteiger partial charge in [0.1, 0.15) is 0 Å². The van der Waals surface area contributed by atoms with Gasteiger partial charge in [0.15, 0.2) is 0 Å². The van der Waals surface area contributed by atoms with Gasteiger partial charge in [-0.3, -0.25) is 9.69 Å². The van der Waals surface area contributed by atoms with E-state index < -0.39 is 0 Å². The molecule has 0 aromatic carbocycles. The third-order valence-electron chi connectivity index (χ3n) is 3.82. The Morgan fingerprint density at radius 2 is 2.25 bits per heavy atom. The fraction of sp³-hybridized carbons (Fsp3) is 0.917. The fourth-order valence-electron chi connectivity index (χ4n) is 2.86. The van der Waals surface area contributed by atoms with Gasteiger partial charge < -0.3 is 10.6 Å². The highest BCUT2D eigenvalue weighted by molar-refractivity contribution is 5.81. The molecule has 92 valence electrons. The monoisotopic (exact) mass is 225 g/mol. The molecule has 2 N–H and O–H groups in total. The van der Waals surface area contributed by atoms with Gasteiger partial charge in [-0.15, -0.1) is 0 Å². The molecule has 0 aromatic rings. The predicted octanol–water partition coefficient (Wildman–Crippen LogP) is 0.420. The largest absolute Gasteiger partial charge is 0.338 e. The van der Waals surface area contributed by atoms with Crippen LogP contribution in [-0.4, -0.2) is 54.0 Å². The van der Waals surface area contributed by atoms with E-state index in [1.807, 2.05) is 4.90 Å². The summed E-state index contributed by atoms with van der Waals surface area (Å²) in [7, 11) is 0. The Balaban J connectivity index is 1.88. The Morgan fingerprint density at radius 3 is 3.00 bits per heavy atom. The molecule has 0 bridgehead atoms. The molecular weight excluding hydrogens is 202 g/mol. The summed E-state index contributed by atoms with van der Waals surface area (Å²) in [5, 5.41) is 0. The summed E-state index contributed by atoms with van der Waals surface area (Å²) >= 11 is 0. The predicted molar refractivity (Wildman–Crippen MR) is 64.1 cm³/mol. The van der Waals surface area contributed by atoms with E-state index in [0.717, 1.165) is 32.5 Å². The molecular formula is C12H23N3O. The van der Waals surface area contributed by atoms with Crippen LogP contribution >= 0.6 is 0 Å². The Labute approximate surface area is 97.8 Å². The molecule has 0 aromatic heterocycles. The number of piperazine rings is 1. The van der Waals surface area contributed by atoms with E-state index in [0.29, 0.717) is 6.04 Å². The standard InChI is InChI=1S/C12H23N3O/c1-2-4-11(13)12(16)15-8-7-14-6-3-5-10(14)9-15/h10-11H,2-9,13H2,1H3. The van der Waals surface area contributed by atoms with Gasteiger partial charge in [0.05, 0.1) is 6.04 Å². The number of carbonyl (C=O) groups excluding carboxylic acids is 1. The summed E-state index contributed by atoms with van der Waals surface area (Å²) in [5.41, 5.74) is 5.89. The SMILES string of the molecule is CCCC(N)C(=O)N1CCN2CCCC2C1. The van der Waals surface area contributed by atoms with Crippen LogP contribution in [0.25, 0.3) is 0 Å². The van der Waals surface area contributed by atoms with Crippen molar-refractivity contribution in [1.82, 2.24) is 9.80 Å². The first-order valence-electron chi connectivity index (χ1n) is 6.50. The zero-order chi connectivity index (χ0) is 11.5. The summed E-state index contributed by atoms with van der Waals surface area (Å²) in [6.45, 7) is 6.09. The second kappa shape index (κ2) is 5.15. The molecule has 2 heterocycles. The van der Waals surface area contributed by atoms with Gasteiger partial charge in [-0.05, 0) is 25.8 Å². The molecule has 2 unspecified atom stereocenters. The molecule has 2 aliphatic heterocycles. The molecule has 1 amide bonds. The van der Waals surface area contributed by atoms with Crippen LogP contribution in [0.5, 0.6) is 0 Å². The molecule has 2 fully saturated rings. The first-order chi connectivity index (χ1) is 7.72. The Kier molecular flexibility index (Phi) is 3.82. The van der Waals surface area contributed by atoms with Crippen molar-refractivity contribution in [3.05, 3.63) is 0 Å². The van der Waals surface area contributed by atoms with Crippen molar-refractivity contribution in [2.24, 2.45) is 5.73 Å². The lowest BCUT2D eigenvalue weighted by molar-refractivity contribution is -0.135. The van der Waals surface area contributed by atoms with Crippen LogP contribution in [0.2, 0.25) is 0 Å². The summed E-state index contributed by atoms with van der Waals surface area (Å²) in [5.74, 6) is 0.161. The minimum atomic E-state index is -0.280. The van der Waals surface area contributed by atoms with Gasteiger partial charge in [0.2, 0.25) is 5.91 Å². The van der Waals surface area contributed by atoms with Crippen molar-refractivity contribution in [3.63, 3.8) is 0 Å². The molecule has 0 radical (unpaired) electrons. The number of amides is 1. The first kappa shape index (κ1) is 11.9. The summed E-state index contributed by atoms with van der Waals surface area (Å²) in [6.07, 6.45) is 4.32. The van der Waals surface area contributed by atoms with E-state index in [1.165, 1.54) is 19.4 Å². The molecule has 0 saturated carbocycles. The van der Waals surface area contributed by atoms with Crippen LogP contribution in [0.3, 0.4) is 0 Å². The van der Waals surface area contributed by atoms with Crippen molar-refractivity contribution >= 4 is 5.91 Å². The second-order valence-electron chi connectivity index (χ2n) is 5.01. The Hall–Kier alpha value is -0.610. The number of nitrogens with two attached hydrogens (primary N) is 1. The Bertz CT molecular complexity index is 257. The average molecular weight is 225 g/mol. The van der Waals surface area contributed by atoms with Crippen LogP contribution in [0, 0.1) is 0 Å². The molecule has 2 atom stereocenters. The number of hydrogen-bond acceptors (Lipinski definition) is 3. The summed E-state index contributed by atoms with van der Waals surface area (Å²) in [6, 6.07) is 0.324. The third-order valence-corrected chi connectivity index (χ3v) is 3.82. The van der Waals surface area contributed by atoms with Gasteiger partial charge in [-0.25, -0.2) is 0 Å². The van der Waals surface area contributed by atoms with Gasteiger partial charge in [-0.1, -0.05) is 13.3 Å². The number of carbonyl (C=O) groups is 1. The number of rotatable bonds is 3. The van der Waals surface area contributed by atoms with Crippen molar-refractivity contribution < 1.29 is 4.79 Å². The molecule has 4 nitrogen and oxygen atoms in total. The first-order valence-corrected chi connectivity index (χ1v) is 6.50. The highest BCUT2D eigenvalue weighted by Gasteiger charge is 2.33. The molecule has 2 saturated heterocycles. The maximum absolute atomic E-state index is 12.1. The maximum atomic E-state index is 12.1. The van der Waals surface area contributed by atoms with Gasteiger partial charge in [0.25, 0.3) is 0 Å².